The Morgan fingerprint density at radius 1 is 1.19 bits per heavy atom. The highest BCUT2D eigenvalue weighted by atomic mass is 16.5. The summed E-state index contributed by atoms with van der Waals surface area (Å²) in [6.07, 6.45) is 0.317. The Hall–Kier alpha value is -2.82. The van der Waals surface area contributed by atoms with Crippen LogP contribution in [-0.4, -0.2) is 28.1 Å². The first-order valence-corrected chi connectivity index (χ1v) is 8.97. The highest BCUT2D eigenvalue weighted by Gasteiger charge is 2.14. The Labute approximate surface area is 154 Å². The molecule has 1 heterocycles. The molecule has 5 nitrogen and oxygen atoms in total. The number of hydrogen-bond donors (Lipinski definition) is 1. The topological polar surface area (TPSA) is 56.1 Å². The lowest BCUT2D eigenvalue weighted by atomic mass is 10.2. The molecule has 0 radical (unpaired) electrons. The van der Waals surface area contributed by atoms with Crippen LogP contribution in [0.1, 0.15) is 24.7 Å². The van der Waals surface area contributed by atoms with Crippen LogP contribution >= 0.6 is 0 Å². The van der Waals surface area contributed by atoms with Gasteiger partial charge in [0.2, 0.25) is 0 Å². The summed E-state index contributed by atoms with van der Waals surface area (Å²) in [6, 6.07) is 15.8. The van der Waals surface area contributed by atoms with E-state index in [9.17, 15) is 4.79 Å². The van der Waals surface area contributed by atoms with E-state index in [1.807, 2.05) is 56.3 Å². The second-order valence-corrected chi connectivity index (χ2v) is 6.52. The fourth-order valence-electron chi connectivity index (χ4n) is 3.02. The lowest BCUT2D eigenvalue weighted by Gasteiger charge is -2.15. The number of fused-ring (bicyclic) bond motifs is 1. The number of aromatic nitrogens is 2. The summed E-state index contributed by atoms with van der Waals surface area (Å²) in [5.41, 5.74) is 3.25. The van der Waals surface area contributed by atoms with Crippen molar-refractivity contribution in [2.24, 2.45) is 0 Å². The molecule has 3 aromatic rings. The van der Waals surface area contributed by atoms with Crippen molar-refractivity contribution in [3.05, 3.63) is 59.9 Å². The van der Waals surface area contributed by atoms with Crippen LogP contribution in [0.15, 0.2) is 48.5 Å². The summed E-state index contributed by atoms with van der Waals surface area (Å²) in [6.45, 7) is 7.20. The Morgan fingerprint density at radius 3 is 2.81 bits per heavy atom. The van der Waals surface area contributed by atoms with Crippen LogP contribution in [0.4, 0.5) is 0 Å². The molecular formula is C21H25N3O2. The lowest BCUT2D eigenvalue weighted by Crippen LogP contribution is -2.37. The fraction of sp³-hybridized carbons (Fsp3) is 0.333. The Bertz CT molecular complexity index is 901. The van der Waals surface area contributed by atoms with E-state index in [4.69, 9.17) is 4.74 Å². The van der Waals surface area contributed by atoms with Crippen LogP contribution in [0.3, 0.4) is 0 Å². The Morgan fingerprint density at radius 2 is 2.00 bits per heavy atom. The van der Waals surface area contributed by atoms with Crippen LogP contribution in [-0.2, 0) is 11.3 Å². The molecule has 3 rings (SSSR count). The molecule has 1 N–H and O–H groups in total. The van der Waals surface area contributed by atoms with Crippen LogP contribution in [0, 0.1) is 13.8 Å². The van der Waals surface area contributed by atoms with E-state index in [0.717, 1.165) is 35.4 Å². The number of ether oxygens (including phenoxy) is 1. The van der Waals surface area contributed by atoms with Gasteiger partial charge in [0.25, 0.3) is 5.91 Å². The average Bonchev–Trinajstić information content (AvgIpc) is 2.94. The third-order valence-corrected chi connectivity index (χ3v) is 4.37. The van der Waals surface area contributed by atoms with Gasteiger partial charge >= 0.3 is 0 Å². The molecule has 0 aliphatic carbocycles. The number of carbonyl (C=O) groups excluding carboxylic acids is 1. The van der Waals surface area contributed by atoms with Gasteiger partial charge in [-0.2, -0.15) is 0 Å². The van der Waals surface area contributed by atoms with Crippen molar-refractivity contribution in [3.63, 3.8) is 0 Å². The van der Waals surface area contributed by atoms with E-state index in [0.29, 0.717) is 12.3 Å². The molecule has 1 amide bonds. The van der Waals surface area contributed by atoms with E-state index in [1.54, 1.807) is 6.92 Å². The van der Waals surface area contributed by atoms with Crippen molar-refractivity contribution < 1.29 is 9.53 Å². The van der Waals surface area contributed by atoms with E-state index in [-0.39, 0.29) is 5.91 Å². The molecule has 1 aromatic heterocycles. The third-order valence-electron chi connectivity index (χ3n) is 4.37. The number of aryl methyl sites for hydroxylation is 3. The number of nitrogens with one attached hydrogen (secondary N) is 1. The zero-order valence-corrected chi connectivity index (χ0v) is 15.5. The molecule has 136 valence electrons. The van der Waals surface area contributed by atoms with Gasteiger partial charge in [-0.3, -0.25) is 4.79 Å². The van der Waals surface area contributed by atoms with Gasteiger partial charge < -0.3 is 14.6 Å². The predicted octanol–water partition coefficient (Wildman–Crippen LogP) is 3.63. The largest absolute Gasteiger partial charge is 0.481 e. The van der Waals surface area contributed by atoms with Gasteiger partial charge in [0.1, 0.15) is 11.6 Å². The fourth-order valence-corrected chi connectivity index (χ4v) is 3.02. The Kier molecular flexibility index (Phi) is 5.56. The summed E-state index contributed by atoms with van der Waals surface area (Å²) in [5.74, 6) is 1.61. The first-order chi connectivity index (χ1) is 12.5. The van der Waals surface area contributed by atoms with E-state index in [1.165, 1.54) is 0 Å². The summed E-state index contributed by atoms with van der Waals surface area (Å²) in [5, 5.41) is 2.95. The van der Waals surface area contributed by atoms with Gasteiger partial charge in [-0.25, -0.2) is 4.98 Å². The van der Waals surface area contributed by atoms with Gasteiger partial charge in [0.15, 0.2) is 6.10 Å². The normalized spacial score (nSPS) is 12.1. The van der Waals surface area contributed by atoms with Gasteiger partial charge in [0, 0.05) is 13.1 Å². The van der Waals surface area contributed by atoms with Crippen LogP contribution in [0.25, 0.3) is 11.0 Å². The SMILES string of the molecule is Cc1cccc(OC(C)C(=O)NCCCn2c(C)nc3ccccc32)c1. The van der Waals surface area contributed by atoms with Gasteiger partial charge in [0.05, 0.1) is 11.0 Å². The number of carbonyl (C=O) groups is 1. The summed E-state index contributed by atoms with van der Waals surface area (Å²) >= 11 is 0. The lowest BCUT2D eigenvalue weighted by molar-refractivity contribution is -0.127. The highest BCUT2D eigenvalue weighted by Crippen LogP contribution is 2.16. The Balaban J connectivity index is 1.48. The maximum Gasteiger partial charge on any atom is 0.260 e. The van der Waals surface area contributed by atoms with Crippen LogP contribution in [0.2, 0.25) is 0 Å². The van der Waals surface area contributed by atoms with Crippen LogP contribution in [0.5, 0.6) is 5.75 Å². The highest BCUT2D eigenvalue weighted by molar-refractivity contribution is 5.80. The van der Waals surface area contributed by atoms with Crippen molar-refractivity contribution in [1.29, 1.82) is 0 Å². The minimum absolute atomic E-state index is 0.0984. The second kappa shape index (κ2) is 8.04. The third kappa shape index (κ3) is 4.23. The maximum absolute atomic E-state index is 12.2. The number of nitrogens with zero attached hydrogens (tertiary/aromatic N) is 2. The quantitative estimate of drug-likeness (QED) is 0.661. The first kappa shape index (κ1) is 18.0. The molecule has 2 aromatic carbocycles. The second-order valence-electron chi connectivity index (χ2n) is 6.52. The molecule has 0 spiro atoms. The molecule has 0 aliphatic heterocycles. The molecule has 1 unspecified atom stereocenters. The van der Waals surface area contributed by atoms with Crippen molar-refractivity contribution in [3.8, 4) is 5.75 Å². The number of hydrogen-bond acceptors (Lipinski definition) is 3. The average molecular weight is 351 g/mol. The number of imidazole rings is 1. The molecule has 0 saturated heterocycles. The van der Waals surface area contributed by atoms with E-state index < -0.39 is 6.10 Å². The summed E-state index contributed by atoms with van der Waals surface area (Å²) in [7, 11) is 0. The first-order valence-electron chi connectivity index (χ1n) is 8.97. The molecule has 26 heavy (non-hydrogen) atoms. The molecule has 1 atom stereocenters. The summed E-state index contributed by atoms with van der Waals surface area (Å²) < 4.78 is 7.90. The van der Waals surface area contributed by atoms with Crippen molar-refractivity contribution in [1.82, 2.24) is 14.9 Å². The monoisotopic (exact) mass is 351 g/mol. The summed E-state index contributed by atoms with van der Waals surface area (Å²) in [4.78, 5) is 16.8. The maximum atomic E-state index is 12.2. The van der Waals surface area contributed by atoms with Crippen molar-refractivity contribution in [2.75, 3.05) is 6.54 Å². The molecule has 0 aliphatic rings. The minimum atomic E-state index is -0.521. The van der Waals surface area contributed by atoms with Crippen LogP contribution < -0.4 is 10.1 Å². The molecule has 0 fully saturated rings. The predicted molar refractivity (Wildman–Crippen MR) is 103 cm³/mol. The molecule has 5 heteroatoms. The van der Waals surface area contributed by atoms with Gasteiger partial charge in [-0.1, -0.05) is 24.3 Å². The molecular weight excluding hydrogens is 326 g/mol. The van der Waals surface area contributed by atoms with Gasteiger partial charge in [-0.05, 0) is 57.0 Å². The zero-order chi connectivity index (χ0) is 18.5. The number of para-hydroxylation sites is 2. The van der Waals surface area contributed by atoms with Crippen molar-refractivity contribution >= 4 is 16.9 Å². The number of rotatable bonds is 7. The minimum Gasteiger partial charge on any atom is -0.481 e. The molecule has 0 bridgehead atoms. The smallest absolute Gasteiger partial charge is 0.260 e. The van der Waals surface area contributed by atoms with E-state index in [2.05, 4.69) is 20.9 Å². The molecule has 0 saturated carbocycles. The number of amides is 1. The van der Waals surface area contributed by atoms with Gasteiger partial charge in [-0.15, -0.1) is 0 Å². The zero-order valence-electron chi connectivity index (χ0n) is 15.5. The van der Waals surface area contributed by atoms with Crippen molar-refractivity contribution in [2.45, 2.75) is 39.8 Å². The standard InChI is InChI=1S/C21H25N3O2/c1-15-8-6-9-18(14-15)26-16(2)21(25)22-12-7-13-24-17(3)23-19-10-4-5-11-20(19)24/h4-6,8-11,14,16H,7,12-13H2,1-3H3,(H,22,25). The number of benzene rings is 2. The van der Waals surface area contributed by atoms with E-state index >= 15 is 0 Å².